The van der Waals surface area contributed by atoms with Crippen LogP contribution in [0.2, 0.25) is 0 Å². The second kappa shape index (κ2) is 9.93. The van der Waals surface area contributed by atoms with Crippen molar-refractivity contribution in [2.75, 3.05) is 7.11 Å². The summed E-state index contributed by atoms with van der Waals surface area (Å²) < 4.78 is 12.4. The molecule has 36 heavy (non-hydrogen) atoms. The van der Waals surface area contributed by atoms with Gasteiger partial charge in [0.2, 0.25) is 0 Å². The van der Waals surface area contributed by atoms with Crippen LogP contribution in [0.1, 0.15) is 65.9 Å². The Morgan fingerprint density at radius 2 is 1.61 bits per heavy atom. The van der Waals surface area contributed by atoms with Crippen LogP contribution in [0.25, 0.3) is 0 Å². The number of ether oxygens (including phenoxy) is 2. The minimum atomic E-state index is -0.982. The van der Waals surface area contributed by atoms with Crippen molar-refractivity contribution in [3.8, 4) is 11.5 Å². The first-order chi connectivity index (χ1) is 17.4. The topological polar surface area (TPSA) is 102 Å². The van der Waals surface area contributed by atoms with Crippen molar-refractivity contribution in [1.29, 1.82) is 0 Å². The number of allylic oxidation sites excluding steroid dienone is 4. The van der Waals surface area contributed by atoms with Gasteiger partial charge in [-0.05, 0) is 77.0 Å². The summed E-state index contributed by atoms with van der Waals surface area (Å²) >= 11 is 3.62. The summed E-state index contributed by atoms with van der Waals surface area (Å²) in [4.78, 5) is 37.3. The second-order valence-electron chi connectivity index (χ2n) is 9.22. The Kier molecular flexibility index (Phi) is 6.71. The number of halogens is 1. The van der Waals surface area contributed by atoms with Crippen LogP contribution in [0, 0.1) is 0 Å². The Morgan fingerprint density at radius 1 is 1.00 bits per heavy atom. The molecule has 2 aromatic carbocycles. The lowest BCUT2D eigenvalue weighted by Crippen LogP contribution is -2.36. The first kappa shape index (κ1) is 24.3. The number of hydrogen-bond acceptors (Lipinski definition) is 6. The smallest absolute Gasteiger partial charge is 0.335 e. The van der Waals surface area contributed by atoms with E-state index >= 15 is 0 Å². The number of nitrogens with one attached hydrogen (secondary N) is 1. The Morgan fingerprint density at radius 3 is 2.17 bits per heavy atom. The maximum absolute atomic E-state index is 13.1. The molecular formula is C28H26BrNO6. The highest BCUT2D eigenvalue weighted by molar-refractivity contribution is 9.10. The van der Waals surface area contributed by atoms with Gasteiger partial charge in [0, 0.05) is 41.3 Å². The standard InChI is InChI=1S/C28H26BrNO6/c1-35-23-13-17(12-18(29)27(23)36-14-15-8-10-16(11-9-15)28(33)34)24-25-19(4-2-6-21(25)31)30-20-5-3-7-22(32)26(20)24/h8-13,24,30H,2-7,14H2,1H3,(H,33,34). The Hall–Kier alpha value is -3.39. The molecule has 8 heteroatoms. The third kappa shape index (κ3) is 4.46. The number of benzene rings is 2. The fourth-order valence-corrected chi connectivity index (χ4v) is 5.84. The highest BCUT2D eigenvalue weighted by atomic mass is 79.9. The first-order valence-electron chi connectivity index (χ1n) is 12.0. The van der Waals surface area contributed by atoms with E-state index in [9.17, 15) is 14.4 Å². The zero-order chi connectivity index (χ0) is 25.4. The van der Waals surface area contributed by atoms with Crippen LogP contribution in [0.5, 0.6) is 11.5 Å². The fraction of sp³-hybridized carbons (Fsp3) is 0.321. The maximum atomic E-state index is 13.1. The zero-order valence-corrected chi connectivity index (χ0v) is 21.4. The van der Waals surface area contributed by atoms with E-state index in [4.69, 9.17) is 14.6 Å². The Labute approximate surface area is 217 Å². The number of aromatic carboxylic acids is 1. The molecule has 1 heterocycles. The third-order valence-electron chi connectivity index (χ3n) is 6.96. The van der Waals surface area contributed by atoms with Crippen LogP contribution in [-0.2, 0) is 16.2 Å². The summed E-state index contributed by atoms with van der Waals surface area (Å²) in [5.74, 6) is -0.274. The van der Waals surface area contributed by atoms with Crippen molar-refractivity contribution in [3.05, 3.63) is 80.1 Å². The van der Waals surface area contributed by atoms with Gasteiger partial charge in [-0.15, -0.1) is 0 Å². The molecule has 7 nitrogen and oxygen atoms in total. The van der Waals surface area contributed by atoms with Gasteiger partial charge < -0.3 is 19.9 Å². The molecule has 0 fully saturated rings. The molecule has 1 aliphatic heterocycles. The lowest BCUT2D eigenvalue weighted by atomic mass is 9.71. The number of carbonyl (C=O) groups is 3. The number of rotatable bonds is 6. The number of Topliss-reactive ketones (excluding diaryl/α,β-unsaturated/α-hetero) is 2. The van der Waals surface area contributed by atoms with Crippen LogP contribution in [0.15, 0.2) is 63.4 Å². The molecule has 0 unspecified atom stereocenters. The van der Waals surface area contributed by atoms with Crippen LogP contribution >= 0.6 is 15.9 Å². The average molecular weight is 552 g/mol. The van der Waals surface area contributed by atoms with Crippen LogP contribution in [0.3, 0.4) is 0 Å². The number of carboxylic acids is 1. The summed E-state index contributed by atoms with van der Waals surface area (Å²) in [6.07, 6.45) is 4.16. The third-order valence-corrected chi connectivity index (χ3v) is 7.55. The lowest BCUT2D eigenvalue weighted by Gasteiger charge is -2.37. The van der Waals surface area contributed by atoms with Crippen molar-refractivity contribution in [2.24, 2.45) is 0 Å². The largest absolute Gasteiger partial charge is 0.493 e. The minimum Gasteiger partial charge on any atom is -0.493 e. The second-order valence-corrected chi connectivity index (χ2v) is 10.1. The van der Waals surface area contributed by atoms with Gasteiger partial charge in [0.15, 0.2) is 23.1 Å². The van der Waals surface area contributed by atoms with Gasteiger partial charge in [0.25, 0.3) is 0 Å². The monoisotopic (exact) mass is 551 g/mol. The van der Waals surface area contributed by atoms with Crippen LogP contribution < -0.4 is 14.8 Å². The zero-order valence-electron chi connectivity index (χ0n) is 19.9. The number of carbonyl (C=O) groups excluding carboxylic acids is 2. The molecule has 5 rings (SSSR count). The van der Waals surface area contributed by atoms with Gasteiger partial charge in [-0.1, -0.05) is 12.1 Å². The van der Waals surface area contributed by atoms with Gasteiger partial charge in [0.05, 0.1) is 17.1 Å². The molecule has 0 spiro atoms. The maximum Gasteiger partial charge on any atom is 0.335 e. The number of hydrogen-bond donors (Lipinski definition) is 2. The van der Waals surface area contributed by atoms with Crippen LogP contribution in [-0.4, -0.2) is 29.8 Å². The SMILES string of the molecule is COc1cc(C2C3=C(CCCC3=O)NC3=C2C(=O)CCC3)cc(Br)c1OCc1ccc(C(=O)O)cc1. The summed E-state index contributed by atoms with van der Waals surface area (Å²) in [7, 11) is 1.55. The minimum absolute atomic E-state index is 0.0823. The quantitative estimate of drug-likeness (QED) is 0.493. The number of dihydropyridines is 1. The lowest BCUT2D eigenvalue weighted by molar-refractivity contribution is -0.117. The highest BCUT2D eigenvalue weighted by Crippen LogP contribution is 2.48. The molecule has 0 saturated heterocycles. The van der Waals surface area contributed by atoms with E-state index in [0.717, 1.165) is 48.2 Å². The predicted molar refractivity (Wildman–Crippen MR) is 136 cm³/mol. The molecule has 2 N–H and O–H groups in total. The first-order valence-corrected chi connectivity index (χ1v) is 12.8. The van der Waals surface area contributed by atoms with Gasteiger partial charge in [-0.3, -0.25) is 9.59 Å². The van der Waals surface area contributed by atoms with E-state index in [1.165, 1.54) is 12.1 Å². The molecule has 0 amide bonds. The van der Waals surface area contributed by atoms with E-state index in [1.54, 1.807) is 19.2 Å². The highest BCUT2D eigenvalue weighted by Gasteiger charge is 2.40. The van der Waals surface area contributed by atoms with E-state index < -0.39 is 11.9 Å². The molecule has 0 radical (unpaired) electrons. The van der Waals surface area contributed by atoms with Gasteiger partial charge in [-0.2, -0.15) is 0 Å². The van der Waals surface area contributed by atoms with Crippen molar-refractivity contribution < 1.29 is 29.0 Å². The summed E-state index contributed by atoms with van der Waals surface area (Å²) in [6.45, 7) is 0.211. The van der Waals surface area contributed by atoms with E-state index in [1.807, 2.05) is 12.1 Å². The van der Waals surface area contributed by atoms with Gasteiger partial charge in [0.1, 0.15) is 6.61 Å². The van der Waals surface area contributed by atoms with E-state index in [-0.39, 0.29) is 23.7 Å². The summed E-state index contributed by atoms with van der Waals surface area (Å²) in [5.41, 5.74) is 5.08. The number of ketones is 2. The van der Waals surface area contributed by atoms with E-state index in [0.29, 0.717) is 40.0 Å². The Bertz CT molecular complexity index is 1280. The number of carboxylic acid groups (broad SMARTS) is 1. The molecule has 186 valence electrons. The van der Waals surface area contributed by atoms with Gasteiger partial charge in [-0.25, -0.2) is 4.79 Å². The normalized spacial score (nSPS) is 17.9. The molecule has 0 aromatic heterocycles. The molecule has 2 aromatic rings. The molecule has 2 aliphatic carbocycles. The summed E-state index contributed by atoms with van der Waals surface area (Å²) in [6, 6.07) is 10.2. The predicted octanol–water partition coefficient (Wildman–Crippen LogP) is 5.44. The summed E-state index contributed by atoms with van der Waals surface area (Å²) in [5, 5.41) is 12.5. The molecule has 0 bridgehead atoms. The average Bonchev–Trinajstić information content (AvgIpc) is 2.87. The van der Waals surface area contributed by atoms with Crippen molar-refractivity contribution in [1.82, 2.24) is 5.32 Å². The molecular weight excluding hydrogens is 526 g/mol. The molecule has 0 saturated carbocycles. The van der Waals surface area contributed by atoms with Crippen LogP contribution in [0.4, 0.5) is 0 Å². The van der Waals surface area contributed by atoms with Gasteiger partial charge >= 0.3 is 5.97 Å². The Balaban J connectivity index is 1.51. The fourth-order valence-electron chi connectivity index (χ4n) is 5.26. The molecule has 3 aliphatic rings. The number of methoxy groups -OCH3 is 1. The molecule has 0 atom stereocenters. The van der Waals surface area contributed by atoms with Crippen molar-refractivity contribution in [2.45, 2.75) is 51.0 Å². The van der Waals surface area contributed by atoms with Crippen molar-refractivity contribution >= 4 is 33.5 Å². The van der Waals surface area contributed by atoms with E-state index in [2.05, 4.69) is 21.2 Å². The van der Waals surface area contributed by atoms with Crippen molar-refractivity contribution in [3.63, 3.8) is 0 Å².